The summed E-state index contributed by atoms with van der Waals surface area (Å²) in [4.78, 5) is 15.8. The molecule has 130 valence electrons. The number of nitrogens with one attached hydrogen (secondary N) is 3. The minimum absolute atomic E-state index is 0.183. The molecular formula is C16H16BrClN6O. The molecule has 3 aromatic rings. The van der Waals surface area contributed by atoms with Gasteiger partial charge in [0.05, 0.1) is 10.7 Å². The lowest BCUT2D eigenvalue weighted by Crippen LogP contribution is -2.20. The molecule has 4 rings (SSSR count). The molecule has 25 heavy (non-hydrogen) atoms. The minimum Gasteiger partial charge on any atom is -0.487 e. The molecule has 1 fully saturated rings. The van der Waals surface area contributed by atoms with Crippen LogP contribution in [-0.2, 0) is 6.54 Å². The third-order valence-corrected chi connectivity index (χ3v) is 4.85. The molecule has 4 heterocycles. The predicted molar refractivity (Wildman–Crippen MR) is 100 cm³/mol. The third-order valence-electron chi connectivity index (χ3n) is 4.08. The van der Waals surface area contributed by atoms with Crippen LogP contribution in [-0.4, -0.2) is 39.1 Å². The summed E-state index contributed by atoms with van der Waals surface area (Å²) in [5, 5.41) is 6.80. The highest BCUT2D eigenvalue weighted by Gasteiger charge is 2.18. The number of rotatable bonds is 5. The van der Waals surface area contributed by atoms with Gasteiger partial charge < -0.3 is 20.4 Å². The zero-order chi connectivity index (χ0) is 17.2. The van der Waals surface area contributed by atoms with E-state index in [9.17, 15) is 0 Å². The first-order valence-electron chi connectivity index (χ1n) is 7.95. The molecule has 9 heteroatoms. The molecule has 0 saturated carbocycles. The summed E-state index contributed by atoms with van der Waals surface area (Å²) >= 11 is 9.49. The number of aromatic nitrogens is 4. The molecule has 1 aliphatic heterocycles. The topological polar surface area (TPSA) is 87.8 Å². The van der Waals surface area contributed by atoms with E-state index in [4.69, 9.17) is 16.3 Å². The van der Waals surface area contributed by atoms with Crippen molar-refractivity contribution in [3.8, 4) is 5.75 Å². The second-order valence-corrected chi connectivity index (χ2v) is 6.96. The van der Waals surface area contributed by atoms with Crippen molar-refractivity contribution in [1.82, 2.24) is 25.3 Å². The van der Waals surface area contributed by atoms with Gasteiger partial charge in [-0.25, -0.2) is 4.98 Å². The Hall–Kier alpha value is -1.90. The van der Waals surface area contributed by atoms with Gasteiger partial charge >= 0.3 is 0 Å². The van der Waals surface area contributed by atoms with E-state index in [1.54, 1.807) is 12.4 Å². The Labute approximate surface area is 157 Å². The van der Waals surface area contributed by atoms with E-state index in [1.165, 1.54) is 0 Å². The Kier molecular flexibility index (Phi) is 4.74. The maximum Gasteiger partial charge on any atom is 0.225 e. The lowest BCUT2D eigenvalue weighted by atomic mass is 10.2. The summed E-state index contributed by atoms with van der Waals surface area (Å²) < 4.78 is 6.92. The van der Waals surface area contributed by atoms with Gasteiger partial charge in [0.25, 0.3) is 0 Å². The van der Waals surface area contributed by atoms with Crippen molar-refractivity contribution in [3.63, 3.8) is 0 Å². The van der Waals surface area contributed by atoms with Crippen LogP contribution in [0, 0.1) is 0 Å². The SMILES string of the molecule is Clc1nc(NCc2ccncc2O[C@H]2CCNC2)c2[nH]cc(Br)c2n1. The molecule has 1 saturated heterocycles. The Bertz CT molecular complexity index is 895. The second kappa shape index (κ2) is 7.15. The summed E-state index contributed by atoms with van der Waals surface area (Å²) in [6.45, 7) is 2.38. The Balaban J connectivity index is 1.56. The average Bonchev–Trinajstić information content (AvgIpc) is 3.24. The van der Waals surface area contributed by atoms with Gasteiger partial charge in [0.1, 0.15) is 22.9 Å². The number of nitrogens with zero attached hydrogens (tertiary/aromatic N) is 3. The van der Waals surface area contributed by atoms with Crippen molar-refractivity contribution in [3.05, 3.63) is 40.0 Å². The smallest absolute Gasteiger partial charge is 0.225 e. The van der Waals surface area contributed by atoms with Crippen LogP contribution in [0.4, 0.5) is 5.82 Å². The fraction of sp³-hybridized carbons (Fsp3) is 0.312. The van der Waals surface area contributed by atoms with E-state index in [1.807, 2.05) is 12.3 Å². The van der Waals surface area contributed by atoms with Gasteiger partial charge in [-0.05, 0) is 46.6 Å². The Morgan fingerprint density at radius 1 is 1.40 bits per heavy atom. The number of fused-ring (bicyclic) bond motifs is 1. The highest BCUT2D eigenvalue weighted by molar-refractivity contribution is 9.10. The molecule has 7 nitrogen and oxygen atoms in total. The van der Waals surface area contributed by atoms with Gasteiger partial charge in [0.2, 0.25) is 5.28 Å². The largest absolute Gasteiger partial charge is 0.487 e. The monoisotopic (exact) mass is 422 g/mol. The standard InChI is InChI=1S/C16H16BrClN6O/c17-11-7-21-14-13(11)23-16(18)24-15(14)22-5-9-1-3-20-8-12(9)25-10-2-4-19-6-10/h1,3,7-8,10,19,21H,2,4-6H2,(H,22,23,24)/t10-/m0/s1. The van der Waals surface area contributed by atoms with E-state index in [0.29, 0.717) is 12.4 Å². The molecule has 0 spiro atoms. The van der Waals surface area contributed by atoms with Gasteiger partial charge in [0, 0.05) is 31.0 Å². The first kappa shape index (κ1) is 16.6. The van der Waals surface area contributed by atoms with Crippen LogP contribution < -0.4 is 15.4 Å². The zero-order valence-electron chi connectivity index (χ0n) is 13.2. The predicted octanol–water partition coefficient (Wildman–Crippen LogP) is 3.12. The maximum atomic E-state index is 6.07. The highest BCUT2D eigenvalue weighted by Crippen LogP contribution is 2.28. The van der Waals surface area contributed by atoms with Crippen molar-refractivity contribution in [2.24, 2.45) is 0 Å². The van der Waals surface area contributed by atoms with E-state index < -0.39 is 0 Å². The fourth-order valence-corrected chi connectivity index (χ4v) is 3.39. The molecule has 0 unspecified atom stereocenters. The number of H-pyrrole nitrogens is 1. The van der Waals surface area contributed by atoms with E-state index in [-0.39, 0.29) is 11.4 Å². The van der Waals surface area contributed by atoms with Crippen molar-refractivity contribution in [2.75, 3.05) is 18.4 Å². The first-order chi connectivity index (χ1) is 12.2. The molecule has 1 aliphatic rings. The van der Waals surface area contributed by atoms with Gasteiger partial charge in [-0.1, -0.05) is 0 Å². The lowest BCUT2D eigenvalue weighted by molar-refractivity contribution is 0.220. The number of hydrogen-bond acceptors (Lipinski definition) is 6. The number of anilines is 1. The summed E-state index contributed by atoms with van der Waals surface area (Å²) in [7, 11) is 0. The normalized spacial score (nSPS) is 17.1. The number of halogens is 2. The number of ether oxygens (including phenoxy) is 1. The van der Waals surface area contributed by atoms with Crippen LogP contribution in [0.1, 0.15) is 12.0 Å². The van der Waals surface area contributed by atoms with Crippen LogP contribution in [0.15, 0.2) is 29.1 Å². The summed E-state index contributed by atoms with van der Waals surface area (Å²) in [5.74, 6) is 1.43. The van der Waals surface area contributed by atoms with Crippen molar-refractivity contribution >= 4 is 44.4 Å². The maximum absolute atomic E-state index is 6.07. The second-order valence-electron chi connectivity index (χ2n) is 5.77. The van der Waals surface area contributed by atoms with Crippen LogP contribution in [0.5, 0.6) is 5.75 Å². The summed E-state index contributed by atoms with van der Waals surface area (Å²) in [5.41, 5.74) is 2.55. The Morgan fingerprint density at radius 3 is 3.16 bits per heavy atom. The number of hydrogen-bond donors (Lipinski definition) is 3. The van der Waals surface area contributed by atoms with Crippen molar-refractivity contribution in [2.45, 2.75) is 19.1 Å². The summed E-state index contributed by atoms with van der Waals surface area (Å²) in [6, 6.07) is 1.94. The molecule has 3 N–H and O–H groups in total. The van der Waals surface area contributed by atoms with E-state index in [2.05, 4.69) is 46.5 Å². The van der Waals surface area contributed by atoms with E-state index in [0.717, 1.165) is 46.3 Å². The Morgan fingerprint density at radius 2 is 2.32 bits per heavy atom. The lowest BCUT2D eigenvalue weighted by Gasteiger charge is -2.16. The molecule has 3 aromatic heterocycles. The molecule has 1 atom stereocenters. The third kappa shape index (κ3) is 3.56. The fourth-order valence-electron chi connectivity index (χ4n) is 2.82. The molecule has 0 aromatic carbocycles. The van der Waals surface area contributed by atoms with E-state index >= 15 is 0 Å². The van der Waals surface area contributed by atoms with Gasteiger partial charge in [-0.15, -0.1) is 0 Å². The first-order valence-corrected chi connectivity index (χ1v) is 9.12. The van der Waals surface area contributed by atoms with Crippen molar-refractivity contribution in [1.29, 1.82) is 0 Å². The van der Waals surface area contributed by atoms with Crippen LogP contribution in [0.25, 0.3) is 11.0 Å². The molecule has 0 aliphatic carbocycles. The molecular weight excluding hydrogens is 408 g/mol. The summed E-state index contributed by atoms with van der Waals surface area (Å²) in [6.07, 6.45) is 6.51. The molecule has 0 amide bonds. The van der Waals surface area contributed by atoms with Crippen LogP contribution in [0.3, 0.4) is 0 Å². The zero-order valence-corrected chi connectivity index (χ0v) is 15.6. The van der Waals surface area contributed by atoms with Crippen molar-refractivity contribution < 1.29 is 4.74 Å². The minimum atomic E-state index is 0.183. The van der Waals surface area contributed by atoms with Gasteiger partial charge in [-0.2, -0.15) is 4.98 Å². The van der Waals surface area contributed by atoms with Crippen LogP contribution in [0.2, 0.25) is 5.28 Å². The number of aromatic amines is 1. The van der Waals surface area contributed by atoms with Gasteiger partial charge in [-0.3, -0.25) is 4.98 Å². The molecule has 0 radical (unpaired) electrons. The quantitative estimate of drug-likeness (QED) is 0.547. The average molecular weight is 424 g/mol. The highest BCUT2D eigenvalue weighted by atomic mass is 79.9. The van der Waals surface area contributed by atoms with Gasteiger partial charge in [0.15, 0.2) is 5.82 Å². The molecule has 0 bridgehead atoms. The number of pyridine rings is 1. The van der Waals surface area contributed by atoms with Crippen LogP contribution >= 0.6 is 27.5 Å².